The molecule has 4 heteroatoms. The van der Waals surface area contributed by atoms with E-state index in [2.05, 4.69) is 28.2 Å². The van der Waals surface area contributed by atoms with E-state index in [1.165, 1.54) is 6.07 Å². The number of hydrogen-bond donors (Lipinski definition) is 1. The summed E-state index contributed by atoms with van der Waals surface area (Å²) in [5.41, 5.74) is 1.78. The van der Waals surface area contributed by atoms with Crippen LogP contribution in [0.5, 0.6) is 0 Å². The molecule has 0 radical (unpaired) electrons. The van der Waals surface area contributed by atoms with Crippen molar-refractivity contribution in [2.75, 3.05) is 0 Å². The Morgan fingerprint density at radius 1 is 1.24 bits per heavy atom. The summed E-state index contributed by atoms with van der Waals surface area (Å²) in [7, 11) is 0. The van der Waals surface area contributed by atoms with Gasteiger partial charge in [0.15, 0.2) is 0 Å². The van der Waals surface area contributed by atoms with Gasteiger partial charge in [-0.25, -0.2) is 4.39 Å². The Morgan fingerprint density at radius 2 is 2.00 bits per heavy atom. The second kappa shape index (κ2) is 7.39. The lowest BCUT2D eigenvalue weighted by Gasteiger charge is -2.23. The molecule has 2 unspecified atom stereocenters. The molecule has 2 aromatic carbocycles. The van der Waals surface area contributed by atoms with Crippen LogP contribution in [0.4, 0.5) is 4.39 Å². The van der Waals surface area contributed by atoms with Crippen molar-refractivity contribution in [1.29, 1.82) is 0 Å². The molecule has 0 saturated heterocycles. The van der Waals surface area contributed by atoms with Crippen LogP contribution in [0.1, 0.15) is 43.5 Å². The average molecular weight is 371 g/mol. The maximum atomic E-state index is 14.0. The fourth-order valence-electron chi connectivity index (χ4n) is 2.41. The first-order valence-electron chi connectivity index (χ1n) is 6.97. The van der Waals surface area contributed by atoms with Crippen LogP contribution in [0.3, 0.4) is 0 Å². The number of nitrogens with one attached hydrogen (secondary N) is 1. The van der Waals surface area contributed by atoms with Crippen LogP contribution in [-0.2, 0) is 0 Å². The summed E-state index contributed by atoms with van der Waals surface area (Å²) in [4.78, 5) is 0. The summed E-state index contributed by atoms with van der Waals surface area (Å²) >= 11 is 9.44. The van der Waals surface area contributed by atoms with Crippen molar-refractivity contribution < 1.29 is 4.39 Å². The maximum absolute atomic E-state index is 14.0. The first kappa shape index (κ1) is 16.5. The van der Waals surface area contributed by atoms with Crippen LogP contribution in [-0.4, -0.2) is 0 Å². The van der Waals surface area contributed by atoms with Gasteiger partial charge in [-0.3, -0.25) is 0 Å². The minimum absolute atomic E-state index is 0.0913. The highest BCUT2D eigenvalue weighted by atomic mass is 79.9. The van der Waals surface area contributed by atoms with Gasteiger partial charge in [0.1, 0.15) is 5.82 Å². The van der Waals surface area contributed by atoms with E-state index < -0.39 is 0 Å². The van der Waals surface area contributed by atoms with E-state index in [4.69, 9.17) is 11.6 Å². The second-order valence-corrected chi connectivity index (χ2v) is 6.42. The minimum atomic E-state index is -0.195. The molecule has 0 fully saturated rings. The first-order chi connectivity index (χ1) is 10.0. The van der Waals surface area contributed by atoms with Gasteiger partial charge in [0.2, 0.25) is 0 Å². The molecule has 0 saturated carbocycles. The lowest BCUT2D eigenvalue weighted by atomic mass is 10.0. The van der Waals surface area contributed by atoms with Crippen molar-refractivity contribution in [3.05, 3.63) is 68.9 Å². The first-order valence-corrected chi connectivity index (χ1v) is 8.14. The molecule has 0 aliphatic rings. The van der Waals surface area contributed by atoms with Crippen LogP contribution in [0.25, 0.3) is 0 Å². The molecule has 0 heterocycles. The lowest BCUT2D eigenvalue weighted by molar-refractivity contribution is 0.442. The van der Waals surface area contributed by atoms with E-state index in [1.807, 2.05) is 37.3 Å². The Balaban J connectivity index is 2.20. The Kier molecular flexibility index (Phi) is 5.80. The SMILES string of the molecule is CCC(NC(C)c1cc(Br)ccc1F)c1cccc(Cl)c1. The van der Waals surface area contributed by atoms with Crippen molar-refractivity contribution in [2.45, 2.75) is 32.4 Å². The van der Waals surface area contributed by atoms with Crippen LogP contribution in [0, 0.1) is 5.82 Å². The molecule has 0 aliphatic carbocycles. The molecule has 112 valence electrons. The van der Waals surface area contributed by atoms with Gasteiger partial charge < -0.3 is 5.32 Å². The van der Waals surface area contributed by atoms with E-state index >= 15 is 0 Å². The van der Waals surface area contributed by atoms with E-state index in [1.54, 1.807) is 6.07 Å². The van der Waals surface area contributed by atoms with Crippen molar-refractivity contribution in [3.63, 3.8) is 0 Å². The minimum Gasteiger partial charge on any atom is -0.303 e. The highest BCUT2D eigenvalue weighted by Gasteiger charge is 2.17. The monoisotopic (exact) mass is 369 g/mol. The van der Waals surface area contributed by atoms with Crippen molar-refractivity contribution in [1.82, 2.24) is 5.32 Å². The fourth-order valence-corrected chi connectivity index (χ4v) is 2.99. The van der Waals surface area contributed by atoms with E-state index in [9.17, 15) is 4.39 Å². The van der Waals surface area contributed by atoms with E-state index in [-0.39, 0.29) is 17.9 Å². The summed E-state index contributed by atoms with van der Waals surface area (Å²) in [6, 6.07) is 12.8. The zero-order valence-corrected chi connectivity index (χ0v) is 14.4. The highest BCUT2D eigenvalue weighted by Crippen LogP contribution is 2.27. The Morgan fingerprint density at radius 3 is 2.67 bits per heavy atom. The van der Waals surface area contributed by atoms with Crippen LogP contribution in [0.15, 0.2) is 46.9 Å². The molecule has 0 aliphatic heterocycles. The quantitative estimate of drug-likeness (QED) is 0.676. The van der Waals surface area contributed by atoms with Gasteiger partial charge >= 0.3 is 0 Å². The summed E-state index contributed by atoms with van der Waals surface area (Å²) in [5.74, 6) is -0.195. The molecule has 1 nitrogen and oxygen atoms in total. The fraction of sp³-hybridized carbons (Fsp3) is 0.294. The molecule has 2 rings (SSSR count). The molecule has 1 N–H and O–H groups in total. The van der Waals surface area contributed by atoms with Crippen LogP contribution in [0.2, 0.25) is 5.02 Å². The predicted molar refractivity (Wildman–Crippen MR) is 90.1 cm³/mol. The third-order valence-electron chi connectivity index (χ3n) is 3.54. The van der Waals surface area contributed by atoms with Gasteiger partial charge in [-0.05, 0) is 49.2 Å². The zero-order valence-electron chi connectivity index (χ0n) is 12.0. The Hall–Kier alpha value is -0.900. The zero-order chi connectivity index (χ0) is 15.4. The van der Waals surface area contributed by atoms with E-state index in [0.29, 0.717) is 10.6 Å². The average Bonchev–Trinajstić information content (AvgIpc) is 2.47. The molecule has 21 heavy (non-hydrogen) atoms. The number of hydrogen-bond acceptors (Lipinski definition) is 1. The van der Waals surface area contributed by atoms with Gasteiger partial charge in [-0.15, -0.1) is 0 Å². The summed E-state index contributed by atoms with van der Waals surface area (Å²) in [6.45, 7) is 4.07. The van der Waals surface area contributed by atoms with Crippen LogP contribution < -0.4 is 5.32 Å². The summed E-state index contributed by atoms with van der Waals surface area (Å²) in [5, 5.41) is 4.19. The van der Waals surface area contributed by atoms with Gasteiger partial charge in [-0.2, -0.15) is 0 Å². The predicted octanol–water partition coefficient (Wildman–Crippen LogP) is 6.04. The van der Waals surface area contributed by atoms with Crippen molar-refractivity contribution in [2.24, 2.45) is 0 Å². The molecule has 2 atom stereocenters. The standard InChI is InChI=1S/C17H18BrClFN/c1-3-17(12-5-4-6-14(19)9-12)21-11(2)15-10-13(18)7-8-16(15)20/h4-11,17,21H,3H2,1-2H3. The molecular weight excluding hydrogens is 353 g/mol. The highest BCUT2D eigenvalue weighted by molar-refractivity contribution is 9.10. The Bertz CT molecular complexity index is 617. The summed E-state index contributed by atoms with van der Waals surface area (Å²) < 4.78 is 14.8. The normalized spacial score (nSPS) is 14.0. The molecule has 0 aromatic heterocycles. The second-order valence-electron chi connectivity index (χ2n) is 5.07. The van der Waals surface area contributed by atoms with Crippen molar-refractivity contribution in [3.8, 4) is 0 Å². The topological polar surface area (TPSA) is 12.0 Å². The number of halogens is 3. The third kappa shape index (κ3) is 4.29. The van der Waals surface area contributed by atoms with Crippen LogP contribution >= 0.6 is 27.5 Å². The molecule has 0 amide bonds. The largest absolute Gasteiger partial charge is 0.303 e. The van der Waals surface area contributed by atoms with Gasteiger partial charge in [0, 0.05) is 27.1 Å². The number of rotatable bonds is 5. The van der Waals surface area contributed by atoms with Gasteiger partial charge in [0.05, 0.1) is 0 Å². The molecular formula is C17H18BrClFN. The lowest BCUT2D eigenvalue weighted by Crippen LogP contribution is -2.25. The van der Waals surface area contributed by atoms with Crippen molar-refractivity contribution >= 4 is 27.5 Å². The van der Waals surface area contributed by atoms with Gasteiger partial charge in [-0.1, -0.05) is 46.6 Å². The van der Waals surface area contributed by atoms with E-state index in [0.717, 1.165) is 16.5 Å². The Labute approximate surface area is 138 Å². The van der Waals surface area contributed by atoms with Gasteiger partial charge in [0.25, 0.3) is 0 Å². The number of benzene rings is 2. The summed E-state index contributed by atoms with van der Waals surface area (Å²) in [6.07, 6.45) is 0.903. The molecule has 0 bridgehead atoms. The molecule has 2 aromatic rings. The molecule has 0 spiro atoms. The maximum Gasteiger partial charge on any atom is 0.128 e. The smallest absolute Gasteiger partial charge is 0.128 e. The third-order valence-corrected chi connectivity index (χ3v) is 4.26.